The van der Waals surface area contributed by atoms with Crippen LogP contribution in [0.15, 0.2) is 12.3 Å². The van der Waals surface area contributed by atoms with Gasteiger partial charge in [-0.2, -0.15) is 0 Å². The summed E-state index contributed by atoms with van der Waals surface area (Å²) in [5.41, 5.74) is 0. The zero-order valence-corrected chi connectivity index (χ0v) is 5.59. The van der Waals surface area contributed by atoms with E-state index in [9.17, 15) is 4.79 Å². The minimum absolute atomic E-state index is 0.970. The molecule has 0 aromatic rings. The average Bonchev–Trinajstić information content (AvgIpc) is 1.89. The minimum atomic E-state index is 0.970. The molecule has 0 N–H and O–H groups in total. The molecule has 0 bridgehead atoms. The SMILES string of the molecule is CCCC/C=C/O[C]=O. The number of carbonyl (C=O) groups excluding carboxylic acids is 1. The first kappa shape index (κ1) is 8.21. The molecule has 0 spiro atoms. The normalized spacial score (nSPS) is 9.89. The van der Waals surface area contributed by atoms with Gasteiger partial charge in [0.2, 0.25) is 0 Å². The first-order chi connectivity index (χ1) is 4.41. The third-order valence-electron chi connectivity index (χ3n) is 0.937. The summed E-state index contributed by atoms with van der Waals surface area (Å²) in [7, 11) is 0. The van der Waals surface area contributed by atoms with Gasteiger partial charge in [0.15, 0.2) is 0 Å². The quantitative estimate of drug-likeness (QED) is 0.415. The number of unbranched alkanes of at least 4 members (excludes halogenated alkanes) is 2. The molecule has 0 aliphatic heterocycles. The number of rotatable bonds is 5. The van der Waals surface area contributed by atoms with Crippen molar-refractivity contribution in [2.75, 3.05) is 0 Å². The van der Waals surface area contributed by atoms with Crippen LogP contribution in [-0.2, 0) is 9.53 Å². The van der Waals surface area contributed by atoms with E-state index in [1.807, 2.05) is 6.08 Å². The number of ether oxygens (including phenoxy) is 1. The standard InChI is InChI=1S/C7H11O2/c1-2-3-4-5-6-9-7-8/h5-6H,2-4H2,1H3/b6-5+. The highest BCUT2D eigenvalue weighted by Gasteiger charge is 1.76. The zero-order chi connectivity index (χ0) is 6.95. The third kappa shape index (κ3) is 7.21. The molecule has 2 nitrogen and oxygen atoms in total. The lowest BCUT2D eigenvalue weighted by Crippen LogP contribution is -1.72. The van der Waals surface area contributed by atoms with Crippen LogP contribution in [0.4, 0.5) is 0 Å². The Morgan fingerprint density at radius 1 is 1.67 bits per heavy atom. The lowest BCUT2D eigenvalue weighted by molar-refractivity contribution is 0.396. The molecule has 0 heterocycles. The predicted octanol–water partition coefficient (Wildman–Crippen LogP) is 1.77. The van der Waals surface area contributed by atoms with Gasteiger partial charge in [-0.05, 0) is 18.9 Å². The van der Waals surface area contributed by atoms with Gasteiger partial charge in [-0.1, -0.05) is 13.3 Å². The van der Waals surface area contributed by atoms with Crippen LogP contribution in [0.25, 0.3) is 0 Å². The van der Waals surface area contributed by atoms with Crippen LogP contribution in [0.3, 0.4) is 0 Å². The van der Waals surface area contributed by atoms with Crippen molar-refractivity contribution in [3.05, 3.63) is 12.3 Å². The van der Waals surface area contributed by atoms with Gasteiger partial charge in [0, 0.05) is 0 Å². The summed E-state index contributed by atoms with van der Waals surface area (Å²) >= 11 is 0. The van der Waals surface area contributed by atoms with E-state index in [0.29, 0.717) is 0 Å². The maximum Gasteiger partial charge on any atom is 0.422 e. The van der Waals surface area contributed by atoms with Gasteiger partial charge >= 0.3 is 6.47 Å². The molecule has 0 saturated heterocycles. The van der Waals surface area contributed by atoms with E-state index in [-0.39, 0.29) is 0 Å². The van der Waals surface area contributed by atoms with E-state index in [1.54, 1.807) is 0 Å². The van der Waals surface area contributed by atoms with Crippen LogP contribution in [0.5, 0.6) is 0 Å². The van der Waals surface area contributed by atoms with E-state index >= 15 is 0 Å². The molecule has 0 rings (SSSR count). The smallest absolute Gasteiger partial charge is 0.422 e. The maximum atomic E-state index is 9.44. The third-order valence-corrected chi connectivity index (χ3v) is 0.937. The summed E-state index contributed by atoms with van der Waals surface area (Å²) in [6.45, 7) is 3.42. The molecular weight excluding hydrogens is 116 g/mol. The van der Waals surface area contributed by atoms with Crippen LogP contribution in [0, 0.1) is 0 Å². The lowest BCUT2D eigenvalue weighted by Gasteiger charge is -1.85. The summed E-state index contributed by atoms with van der Waals surface area (Å²) in [6.07, 6.45) is 6.45. The van der Waals surface area contributed by atoms with Gasteiger partial charge in [-0.25, -0.2) is 4.79 Å². The molecule has 0 fully saturated rings. The molecule has 51 valence electrons. The Bertz CT molecular complexity index is 86.9. The van der Waals surface area contributed by atoms with Gasteiger partial charge in [-0.3, -0.25) is 0 Å². The average molecular weight is 127 g/mol. The van der Waals surface area contributed by atoms with Gasteiger partial charge in [-0.15, -0.1) is 0 Å². The Kier molecular flexibility index (Phi) is 6.58. The van der Waals surface area contributed by atoms with Crippen LogP contribution >= 0.6 is 0 Å². The number of hydrogen-bond donors (Lipinski definition) is 0. The molecule has 0 saturated carbocycles. The fourth-order valence-electron chi connectivity index (χ4n) is 0.466. The highest BCUT2D eigenvalue weighted by molar-refractivity contribution is 5.39. The number of allylic oxidation sites excluding steroid dienone is 1. The lowest BCUT2D eigenvalue weighted by atomic mass is 10.2. The topological polar surface area (TPSA) is 26.3 Å². The van der Waals surface area contributed by atoms with Crippen molar-refractivity contribution in [3.8, 4) is 0 Å². The predicted molar refractivity (Wildman–Crippen MR) is 35.4 cm³/mol. The Labute approximate surface area is 55.5 Å². The monoisotopic (exact) mass is 127 g/mol. The van der Waals surface area contributed by atoms with Crippen molar-refractivity contribution >= 4 is 6.47 Å². The van der Waals surface area contributed by atoms with Crippen LogP contribution in [0.2, 0.25) is 0 Å². The molecule has 0 aliphatic carbocycles. The minimum Gasteiger partial charge on any atom is -0.426 e. The van der Waals surface area contributed by atoms with E-state index in [0.717, 1.165) is 19.3 Å². The van der Waals surface area contributed by atoms with Crippen LogP contribution < -0.4 is 0 Å². The highest BCUT2D eigenvalue weighted by atomic mass is 16.5. The maximum absolute atomic E-state index is 9.44. The Balaban J connectivity index is 2.94. The second kappa shape index (κ2) is 7.21. The van der Waals surface area contributed by atoms with Crippen LogP contribution in [-0.4, -0.2) is 6.47 Å². The van der Waals surface area contributed by atoms with Gasteiger partial charge in [0.05, 0.1) is 6.26 Å². The van der Waals surface area contributed by atoms with Crippen molar-refractivity contribution in [2.24, 2.45) is 0 Å². The molecule has 1 radical (unpaired) electrons. The molecule has 0 atom stereocenters. The van der Waals surface area contributed by atoms with Crippen LogP contribution in [0.1, 0.15) is 26.2 Å². The molecule has 0 amide bonds. The summed E-state index contributed by atoms with van der Waals surface area (Å²) in [6, 6.07) is 0. The van der Waals surface area contributed by atoms with Crippen molar-refractivity contribution in [3.63, 3.8) is 0 Å². The summed E-state index contributed by atoms with van der Waals surface area (Å²) in [4.78, 5) is 9.44. The van der Waals surface area contributed by atoms with Gasteiger partial charge in [0.1, 0.15) is 0 Å². The fraction of sp³-hybridized carbons (Fsp3) is 0.571. The van der Waals surface area contributed by atoms with Crippen molar-refractivity contribution < 1.29 is 9.53 Å². The van der Waals surface area contributed by atoms with E-state index < -0.39 is 0 Å². The Hall–Kier alpha value is -0.790. The second-order valence-electron chi connectivity index (χ2n) is 1.72. The Morgan fingerprint density at radius 3 is 3.00 bits per heavy atom. The van der Waals surface area contributed by atoms with Crippen molar-refractivity contribution in [1.82, 2.24) is 0 Å². The zero-order valence-electron chi connectivity index (χ0n) is 5.59. The first-order valence-corrected chi connectivity index (χ1v) is 3.09. The molecule has 9 heavy (non-hydrogen) atoms. The second-order valence-corrected chi connectivity index (χ2v) is 1.72. The van der Waals surface area contributed by atoms with Gasteiger partial charge in [0.25, 0.3) is 0 Å². The molecule has 0 unspecified atom stereocenters. The van der Waals surface area contributed by atoms with Gasteiger partial charge < -0.3 is 4.74 Å². The molecule has 0 aromatic carbocycles. The Morgan fingerprint density at radius 2 is 2.44 bits per heavy atom. The van der Waals surface area contributed by atoms with E-state index in [2.05, 4.69) is 11.7 Å². The number of hydrogen-bond acceptors (Lipinski definition) is 2. The van der Waals surface area contributed by atoms with E-state index in [1.165, 1.54) is 12.7 Å². The summed E-state index contributed by atoms with van der Waals surface area (Å²) in [5.74, 6) is 0. The summed E-state index contributed by atoms with van der Waals surface area (Å²) in [5, 5.41) is 0. The fourth-order valence-corrected chi connectivity index (χ4v) is 0.466. The highest BCUT2D eigenvalue weighted by Crippen LogP contribution is 1.93. The molecule has 2 heteroatoms. The summed E-state index contributed by atoms with van der Waals surface area (Å²) < 4.78 is 4.19. The molecule has 0 aromatic heterocycles. The largest absolute Gasteiger partial charge is 0.426 e. The van der Waals surface area contributed by atoms with Crippen molar-refractivity contribution in [2.45, 2.75) is 26.2 Å². The molecule has 0 aliphatic rings. The van der Waals surface area contributed by atoms with Crippen molar-refractivity contribution in [1.29, 1.82) is 0 Å². The molecular formula is C7H11O2. The first-order valence-electron chi connectivity index (χ1n) is 3.09. The van der Waals surface area contributed by atoms with E-state index in [4.69, 9.17) is 0 Å².